The zero-order chi connectivity index (χ0) is 28.6. The molecular formula is C30H26N4O6. The fourth-order valence-corrected chi connectivity index (χ4v) is 4.36. The van der Waals surface area contributed by atoms with Gasteiger partial charge in [-0.05, 0) is 35.2 Å². The number of carbonyl (C=O) groups is 2. The number of rotatable bonds is 10. The van der Waals surface area contributed by atoms with Gasteiger partial charge in [-0.15, -0.1) is 0 Å². The number of carbonyl (C=O) groups excluding carboxylic acids is 2. The van der Waals surface area contributed by atoms with Gasteiger partial charge in [0.2, 0.25) is 11.8 Å². The second-order valence-electron chi connectivity index (χ2n) is 9.19. The lowest BCUT2D eigenvalue weighted by Crippen LogP contribution is -2.47. The molecule has 0 saturated heterocycles. The number of nitrogens with one attached hydrogen (secondary N) is 2. The Morgan fingerprint density at radius 1 is 0.725 bits per heavy atom. The number of non-ortho nitro benzene ring substituents is 2. The van der Waals surface area contributed by atoms with Crippen LogP contribution < -0.4 is 10.6 Å². The summed E-state index contributed by atoms with van der Waals surface area (Å²) in [6.07, 6.45) is 0.0535. The molecule has 4 aromatic carbocycles. The summed E-state index contributed by atoms with van der Waals surface area (Å²) in [5.41, 5.74) is 2.72. The lowest BCUT2D eigenvalue weighted by atomic mass is 9.90. The Labute approximate surface area is 230 Å². The Bertz CT molecular complexity index is 1490. The Kier molecular flexibility index (Phi) is 8.60. The van der Waals surface area contributed by atoms with Crippen molar-refractivity contribution in [3.8, 4) is 0 Å². The third-order valence-electron chi connectivity index (χ3n) is 6.43. The number of hydrogen-bond donors (Lipinski definition) is 2. The van der Waals surface area contributed by atoms with Crippen molar-refractivity contribution in [2.75, 3.05) is 5.32 Å². The van der Waals surface area contributed by atoms with Crippen LogP contribution in [0.3, 0.4) is 0 Å². The highest BCUT2D eigenvalue weighted by atomic mass is 16.6. The van der Waals surface area contributed by atoms with Crippen molar-refractivity contribution >= 4 is 28.9 Å². The van der Waals surface area contributed by atoms with Crippen LogP contribution in [0.25, 0.3) is 0 Å². The highest BCUT2D eigenvalue weighted by Gasteiger charge is 2.28. The first kappa shape index (κ1) is 27.6. The third-order valence-corrected chi connectivity index (χ3v) is 6.43. The predicted molar refractivity (Wildman–Crippen MR) is 150 cm³/mol. The molecule has 2 N–H and O–H groups in total. The van der Waals surface area contributed by atoms with Gasteiger partial charge in [0.1, 0.15) is 6.04 Å². The Hall–Kier alpha value is -5.38. The average Bonchev–Trinajstić information content (AvgIpc) is 2.95. The van der Waals surface area contributed by atoms with Crippen molar-refractivity contribution < 1.29 is 19.4 Å². The molecule has 0 aromatic heterocycles. The van der Waals surface area contributed by atoms with E-state index in [1.165, 1.54) is 42.5 Å². The minimum Gasteiger partial charge on any atom is -0.343 e. The first-order valence-corrected chi connectivity index (χ1v) is 12.4. The number of nitro groups is 2. The first-order valence-electron chi connectivity index (χ1n) is 12.4. The van der Waals surface area contributed by atoms with Gasteiger partial charge in [-0.3, -0.25) is 29.8 Å². The van der Waals surface area contributed by atoms with E-state index in [0.29, 0.717) is 16.8 Å². The molecule has 10 nitrogen and oxygen atoms in total. The average molecular weight is 539 g/mol. The molecule has 4 aromatic rings. The van der Waals surface area contributed by atoms with Crippen LogP contribution in [-0.2, 0) is 16.0 Å². The van der Waals surface area contributed by atoms with E-state index < -0.39 is 33.6 Å². The number of aryl methyl sites for hydroxylation is 1. The van der Waals surface area contributed by atoms with Crippen LogP contribution in [0.2, 0.25) is 0 Å². The second-order valence-corrected chi connectivity index (χ2v) is 9.19. The normalized spacial score (nSPS) is 11.4. The van der Waals surface area contributed by atoms with Crippen molar-refractivity contribution in [3.63, 3.8) is 0 Å². The molecule has 1 atom stereocenters. The van der Waals surface area contributed by atoms with Gasteiger partial charge >= 0.3 is 0 Å². The second kappa shape index (κ2) is 12.4. The Morgan fingerprint density at radius 3 is 1.75 bits per heavy atom. The minimum atomic E-state index is -1.06. The quantitative estimate of drug-likeness (QED) is 0.207. The van der Waals surface area contributed by atoms with Crippen LogP contribution in [0.4, 0.5) is 17.1 Å². The van der Waals surface area contributed by atoms with E-state index in [-0.39, 0.29) is 17.8 Å². The maximum atomic E-state index is 13.8. The molecule has 0 aliphatic heterocycles. The molecule has 0 saturated carbocycles. The van der Waals surface area contributed by atoms with Gasteiger partial charge in [0.25, 0.3) is 11.4 Å². The van der Waals surface area contributed by atoms with E-state index >= 15 is 0 Å². The van der Waals surface area contributed by atoms with E-state index in [1.807, 2.05) is 60.7 Å². The van der Waals surface area contributed by atoms with Gasteiger partial charge in [0, 0.05) is 36.4 Å². The molecule has 0 aliphatic carbocycles. The Morgan fingerprint density at radius 2 is 1.25 bits per heavy atom. The van der Waals surface area contributed by atoms with Gasteiger partial charge in [-0.2, -0.15) is 0 Å². The largest absolute Gasteiger partial charge is 0.343 e. The number of hydrogen-bond acceptors (Lipinski definition) is 6. The maximum absolute atomic E-state index is 13.8. The minimum absolute atomic E-state index is 0.0535. The molecule has 0 unspecified atom stereocenters. The molecule has 10 heteroatoms. The molecule has 202 valence electrons. The summed E-state index contributed by atoms with van der Waals surface area (Å²) in [7, 11) is 0. The summed E-state index contributed by atoms with van der Waals surface area (Å²) in [5.74, 6) is -1.64. The molecule has 0 radical (unpaired) electrons. The van der Waals surface area contributed by atoms with Crippen molar-refractivity contribution in [1.82, 2.24) is 5.32 Å². The van der Waals surface area contributed by atoms with E-state index in [1.54, 1.807) is 6.92 Å². The number of amides is 2. The van der Waals surface area contributed by atoms with Crippen LogP contribution in [0.5, 0.6) is 0 Å². The molecule has 0 fully saturated rings. The van der Waals surface area contributed by atoms with Crippen LogP contribution in [-0.4, -0.2) is 27.7 Å². The van der Waals surface area contributed by atoms with Gasteiger partial charge in [-0.1, -0.05) is 72.8 Å². The summed E-state index contributed by atoms with van der Waals surface area (Å²) >= 11 is 0. The van der Waals surface area contributed by atoms with E-state index in [0.717, 1.165) is 11.1 Å². The van der Waals surface area contributed by atoms with Gasteiger partial charge in [-0.25, -0.2) is 0 Å². The summed E-state index contributed by atoms with van der Waals surface area (Å²) in [4.78, 5) is 48.4. The molecule has 0 aliphatic rings. The van der Waals surface area contributed by atoms with Gasteiger partial charge in [0.05, 0.1) is 15.8 Å². The van der Waals surface area contributed by atoms with Crippen molar-refractivity contribution in [1.29, 1.82) is 0 Å². The smallest absolute Gasteiger partial charge is 0.269 e. The Balaban J connectivity index is 1.65. The zero-order valence-corrected chi connectivity index (χ0v) is 21.5. The van der Waals surface area contributed by atoms with Crippen LogP contribution in [0.1, 0.15) is 28.2 Å². The molecule has 4 rings (SSSR count). The third kappa shape index (κ3) is 6.73. The lowest BCUT2D eigenvalue weighted by molar-refractivity contribution is -0.385. The number of anilines is 1. The number of nitrogens with zero attached hydrogens (tertiary/aromatic N) is 2. The summed E-state index contributed by atoms with van der Waals surface area (Å²) < 4.78 is 0. The van der Waals surface area contributed by atoms with Crippen molar-refractivity contribution in [2.45, 2.75) is 25.3 Å². The summed E-state index contributed by atoms with van der Waals surface area (Å²) in [6.45, 7) is 1.63. The molecule has 0 bridgehead atoms. The van der Waals surface area contributed by atoms with E-state index in [2.05, 4.69) is 10.6 Å². The first-order chi connectivity index (χ1) is 19.2. The molecule has 0 spiro atoms. The standard InChI is InChI=1S/C30H26N4O6/c1-20-18-25(34(39)40)16-17-26(20)31-29(35)27(19-21-12-14-24(15-13-21)33(37)38)32-30(36)28(22-8-4-2-5-9-22)23-10-6-3-7-11-23/h2-18,27-28H,19H2,1H3,(H,31,35)(H,32,36)/t27-/m0/s1. The number of benzene rings is 4. The van der Waals surface area contributed by atoms with E-state index in [4.69, 9.17) is 0 Å². The maximum Gasteiger partial charge on any atom is 0.269 e. The lowest BCUT2D eigenvalue weighted by Gasteiger charge is -2.23. The predicted octanol–water partition coefficient (Wildman–Crippen LogP) is 5.31. The van der Waals surface area contributed by atoms with Crippen molar-refractivity contribution in [3.05, 3.63) is 146 Å². The summed E-state index contributed by atoms with van der Waals surface area (Å²) in [6, 6.07) is 27.1. The van der Waals surface area contributed by atoms with Crippen molar-refractivity contribution in [2.24, 2.45) is 0 Å². The summed E-state index contributed by atoms with van der Waals surface area (Å²) in [5, 5.41) is 27.8. The fourth-order valence-electron chi connectivity index (χ4n) is 4.36. The zero-order valence-electron chi connectivity index (χ0n) is 21.5. The van der Waals surface area contributed by atoms with Crippen LogP contribution >= 0.6 is 0 Å². The van der Waals surface area contributed by atoms with Crippen LogP contribution in [0.15, 0.2) is 103 Å². The van der Waals surface area contributed by atoms with Crippen LogP contribution in [0, 0.1) is 27.2 Å². The highest BCUT2D eigenvalue weighted by Crippen LogP contribution is 2.26. The fraction of sp³-hybridized carbons (Fsp3) is 0.133. The topological polar surface area (TPSA) is 144 Å². The molecule has 2 amide bonds. The highest BCUT2D eigenvalue weighted by molar-refractivity contribution is 5.99. The molecule has 0 heterocycles. The number of nitro benzene ring substituents is 2. The van der Waals surface area contributed by atoms with E-state index in [9.17, 15) is 29.8 Å². The van der Waals surface area contributed by atoms with Gasteiger partial charge < -0.3 is 10.6 Å². The molecular weight excluding hydrogens is 512 g/mol. The van der Waals surface area contributed by atoms with Gasteiger partial charge in [0.15, 0.2) is 0 Å². The molecule has 40 heavy (non-hydrogen) atoms. The monoisotopic (exact) mass is 538 g/mol. The SMILES string of the molecule is Cc1cc([N+](=O)[O-])ccc1NC(=O)[C@H](Cc1ccc([N+](=O)[O-])cc1)NC(=O)C(c1ccccc1)c1ccccc1.